The second-order valence-electron chi connectivity index (χ2n) is 4.79. The van der Waals surface area contributed by atoms with Crippen molar-refractivity contribution in [2.75, 3.05) is 4.72 Å². The van der Waals surface area contributed by atoms with Gasteiger partial charge in [-0.3, -0.25) is 19.3 Å². The normalized spacial score (nSPS) is 14.9. The minimum absolute atomic E-state index is 0.0401. The van der Waals surface area contributed by atoms with E-state index >= 15 is 0 Å². The van der Waals surface area contributed by atoms with E-state index in [0.29, 0.717) is 0 Å². The number of aromatic amines is 1. The molecular weight excluding hydrogens is 296 g/mol. The summed E-state index contributed by atoms with van der Waals surface area (Å²) in [6, 6.07) is 1.63. The van der Waals surface area contributed by atoms with Crippen LogP contribution in [0.15, 0.2) is 29.7 Å². The number of sulfonamides is 1. The molecule has 3 N–H and O–H groups in total. The Balaban J connectivity index is 1.63. The second kappa shape index (κ2) is 5.20. The van der Waals surface area contributed by atoms with Crippen LogP contribution in [0, 0.1) is 0 Å². The van der Waals surface area contributed by atoms with Crippen LogP contribution in [-0.4, -0.2) is 40.3 Å². The summed E-state index contributed by atoms with van der Waals surface area (Å²) in [5.41, 5.74) is 0.281. The molecule has 1 fully saturated rings. The molecule has 2 aromatic heterocycles. The number of amides is 1. The SMILES string of the molecule is O=C(Cn1cc(NS(=O)(=O)c2ccn[nH]2)cn1)NC1CC1. The molecule has 2 aromatic rings. The number of hydrogen-bond donors (Lipinski definition) is 3. The topological polar surface area (TPSA) is 122 Å². The van der Waals surface area contributed by atoms with Crippen LogP contribution >= 0.6 is 0 Å². The Morgan fingerprint density at radius 1 is 1.48 bits per heavy atom. The molecule has 1 amide bonds. The van der Waals surface area contributed by atoms with Crippen molar-refractivity contribution in [3.8, 4) is 0 Å². The number of rotatable bonds is 6. The minimum Gasteiger partial charge on any atom is -0.352 e. The van der Waals surface area contributed by atoms with Gasteiger partial charge in [0.25, 0.3) is 10.0 Å². The number of carbonyl (C=O) groups excluding carboxylic acids is 1. The van der Waals surface area contributed by atoms with Crippen molar-refractivity contribution in [3.05, 3.63) is 24.7 Å². The molecule has 2 heterocycles. The summed E-state index contributed by atoms with van der Waals surface area (Å²) in [6.45, 7) is 0.0578. The summed E-state index contributed by atoms with van der Waals surface area (Å²) in [7, 11) is -3.72. The molecule has 0 bridgehead atoms. The van der Waals surface area contributed by atoms with Crippen molar-refractivity contribution in [3.63, 3.8) is 0 Å². The highest BCUT2D eigenvalue weighted by atomic mass is 32.2. The fourth-order valence-electron chi connectivity index (χ4n) is 1.75. The van der Waals surface area contributed by atoms with Crippen LogP contribution in [-0.2, 0) is 21.4 Å². The molecule has 9 nitrogen and oxygen atoms in total. The summed E-state index contributed by atoms with van der Waals surface area (Å²) in [4.78, 5) is 11.6. The number of aromatic nitrogens is 4. The minimum atomic E-state index is -3.72. The van der Waals surface area contributed by atoms with E-state index in [1.165, 1.54) is 29.3 Å². The number of H-pyrrole nitrogens is 1. The van der Waals surface area contributed by atoms with Gasteiger partial charge in [-0.1, -0.05) is 0 Å². The molecule has 112 valence electrons. The van der Waals surface area contributed by atoms with Crippen molar-refractivity contribution < 1.29 is 13.2 Å². The molecule has 1 aliphatic carbocycles. The van der Waals surface area contributed by atoms with E-state index in [9.17, 15) is 13.2 Å². The lowest BCUT2D eigenvalue weighted by Crippen LogP contribution is -2.29. The predicted molar refractivity (Wildman–Crippen MR) is 72.8 cm³/mol. The van der Waals surface area contributed by atoms with Crippen molar-refractivity contribution in [2.24, 2.45) is 0 Å². The van der Waals surface area contributed by atoms with Gasteiger partial charge >= 0.3 is 0 Å². The van der Waals surface area contributed by atoms with Crippen LogP contribution in [0.1, 0.15) is 12.8 Å². The van der Waals surface area contributed by atoms with Gasteiger partial charge in [0.1, 0.15) is 6.54 Å². The zero-order valence-corrected chi connectivity index (χ0v) is 11.8. The maximum Gasteiger partial charge on any atom is 0.278 e. The monoisotopic (exact) mass is 310 g/mol. The molecule has 10 heteroatoms. The van der Waals surface area contributed by atoms with Gasteiger partial charge < -0.3 is 5.32 Å². The van der Waals surface area contributed by atoms with Gasteiger partial charge in [0, 0.05) is 12.2 Å². The lowest BCUT2D eigenvalue weighted by molar-refractivity contribution is -0.122. The molecule has 0 unspecified atom stereocenters. The average molecular weight is 310 g/mol. The molecule has 0 aliphatic heterocycles. The first-order valence-electron chi connectivity index (χ1n) is 6.37. The average Bonchev–Trinajstić information content (AvgIpc) is 2.92. The summed E-state index contributed by atoms with van der Waals surface area (Å²) in [5, 5.41) is 12.7. The van der Waals surface area contributed by atoms with Gasteiger partial charge in [-0.2, -0.15) is 18.6 Å². The molecule has 21 heavy (non-hydrogen) atoms. The lowest BCUT2D eigenvalue weighted by atomic mass is 10.5. The second-order valence-corrected chi connectivity index (χ2v) is 6.45. The van der Waals surface area contributed by atoms with Crippen LogP contribution in [0.4, 0.5) is 5.69 Å². The Bertz CT molecular complexity index is 732. The van der Waals surface area contributed by atoms with Gasteiger partial charge in [-0.15, -0.1) is 0 Å². The number of hydrogen-bond acceptors (Lipinski definition) is 5. The van der Waals surface area contributed by atoms with Crippen molar-refractivity contribution in [1.29, 1.82) is 0 Å². The molecule has 0 atom stereocenters. The highest BCUT2D eigenvalue weighted by Gasteiger charge is 2.23. The maximum atomic E-state index is 11.9. The van der Waals surface area contributed by atoms with Crippen molar-refractivity contribution in [2.45, 2.75) is 30.5 Å². The van der Waals surface area contributed by atoms with Crippen molar-refractivity contribution >= 4 is 21.6 Å². The standard InChI is InChI=1S/C11H14N6O3S/c18-10(14-8-1-2-8)7-17-6-9(5-13-17)16-21(19,20)11-3-4-12-15-11/h3-6,8,16H,1-2,7H2,(H,12,15)(H,14,18). The van der Waals surface area contributed by atoms with Crippen LogP contribution < -0.4 is 10.0 Å². The van der Waals surface area contributed by atoms with E-state index in [4.69, 9.17) is 0 Å². The Hall–Kier alpha value is -2.36. The van der Waals surface area contributed by atoms with Gasteiger partial charge in [0.05, 0.1) is 18.1 Å². The van der Waals surface area contributed by atoms with Crippen molar-refractivity contribution in [1.82, 2.24) is 25.3 Å². The fraction of sp³-hybridized carbons (Fsp3) is 0.364. The van der Waals surface area contributed by atoms with E-state index in [1.54, 1.807) is 0 Å². The van der Waals surface area contributed by atoms with E-state index in [1.807, 2.05) is 0 Å². The highest BCUT2D eigenvalue weighted by molar-refractivity contribution is 7.92. The lowest BCUT2D eigenvalue weighted by Gasteiger charge is -2.03. The zero-order valence-electron chi connectivity index (χ0n) is 11.0. The summed E-state index contributed by atoms with van der Waals surface area (Å²) in [6.07, 6.45) is 6.18. The Morgan fingerprint density at radius 2 is 2.29 bits per heavy atom. The third-order valence-electron chi connectivity index (χ3n) is 2.90. The molecule has 3 rings (SSSR count). The Morgan fingerprint density at radius 3 is 2.95 bits per heavy atom. The highest BCUT2D eigenvalue weighted by Crippen LogP contribution is 2.18. The van der Waals surface area contributed by atoms with Crippen LogP contribution in [0.2, 0.25) is 0 Å². The molecule has 0 spiro atoms. The smallest absolute Gasteiger partial charge is 0.278 e. The summed E-state index contributed by atoms with van der Waals surface area (Å²) >= 11 is 0. The summed E-state index contributed by atoms with van der Waals surface area (Å²) in [5.74, 6) is -0.136. The Kier molecular flexibility index (Phi) is 3.37. The van der Waals surface area contributed by atoms with E-state index in [2.05, 4.69) is 25.3 Å². The van der Waals surface area contributed by atoms with E-state index < -0.39 is 10.0 Å². The largest absolute Gasteiger partial charge is 0.352 e. The van der Waals surface area contributed by atoms with Gasteiger partial charge in [-0.25, -0.2) is 0 Å². The molecule has 0 saturated heterocycles. The fourth-order valence-corrected chi connectivity index (χ4v) is 2.69. The third kappa shape index (κ3) is 3.40. The number of carbonyl (C=O) groups is 1. The maximum absolute atomic E-state index is 11.9. The van der Waals surface area contributed by atoms with E-state index in [0.717, 1.165) is 12.8 Å². The molecule has 1 aliphatic rings. The van der Waals surface area contributed by atoms with Gasteiger partial charge in [-0.05, 0) is 18.9 Å². The molecular formula is C11H14N6O3S. The third-order valence-corrected chi connectivity index (χ3v) is 4.21. The first kappa shape index (κ1) is 13.6. The molecule has 1 saturated carbocycles. The zero-order chi connectivity index (χ0) is 14.9. The van der Waals surface area contributed by atoms with Crippen LogP contribution in [0.25, 0.3) is 0 Å². The van der Waals surface area contributed by atoms with Gasteiger partial charge in [0.15, 0.2) is 5.03 Å². The van der Waals surface area contributed by atoms with Crippen LogP contribution in [0.5, 0.6) is 0 Å². The molecule has 0 aromatic carbocycles. The summed E-state index contributed by atoms with van der Waals surface area (Å²) < 4.78 is 27.6. The number of anilines is 1. The number of nitrogens with zero attached hydrogens (tertiary/aromatic N) is 3. The molecule has 0 radical (unpaired) electrons. The first-order valence-corrected chi connectivity index (χ1v) is 7.85. The van der Waals surface area contributed by atoms with E-state index in [-0.39, 0.29) is 29.2 Å². The predicted octanol–water partition coefficient (Wildman–Crippen LogP) is -0.314. The Labute approximate surface area is 120 Å². The van der Waals surface area contributed by atoms with Gasteiger partial charge in [0.2, 0.25) is 5.91 Å². The number of nitrogens with one attached hydrogen (secondary N) is 3. The van der Waals surface area contributed by atoms with Crippen LogP contribution in [0.3, 0.4) is 0 Å². The first-order chi connectivity index (χ1) is 10.0. The quantitative estimate of drug-likeness (QED) is 0.675.